The Balaban J connectivity index is 2.33. The summed E-state index contributed by atoms with van der Waals surface area (Å²) in [7, 11) is 0. The summed E-state index contributed by atoms with van der Waals surface area (Å²) in [6.45, 7) is 2.48. The van der Waals surface area contributed by atoms with Crippen LogP contribution in [0, 0.1) is 6.92 Å². The summed E-state index contributed by atoms with van der Waals surface area (Å²) in [5.41, 5.74) is 7.79. The van der Waals surface area contributed by atoms with Crippen LogP contribution in [0.3, 0.4) is 0 Å². The summed E-state index contributed by atoms with van der Waals surface area (Å²) >= 11 is 9.37. The second kappa shape index (κ2) is 5.19. The van der Waals surface area contributed by atoms with Crippen molar-refractivity contribution in [3.05, 3.63) is 39.9 Å². The highest BCUT2D eigenvalue weighted by Gasteiger charge is 2.09. The topological polar surface area (TPSA) is 38.9 Å². The number of nitrogens with zero attached hydrogens (tertiary/aromatic N) is 1. The van der Waals surface area contributed by atoms with Crippen LogP contribution in [0.5, 0.6) is 0 Å². The van der Waals surface area contributed by atoms with Gasteiger partial charge in [-0.05, 0) is 18.6 Å². The molecule has 84 valence electrons. The van der Waals surface area contributed by atoms with Crippen LogP contribution in [-0.2, 0) is 6.54 Å². The average Bonchev–Trinajstić information content (AvgIpc) is 2.67. The number of thiazole rings is 1. The van der Waals surface area contributed by atoms with Crippen LogP contribution in [0.15, 0.2) is 32.8 Å². The van der Waals surface area contributed by atoms with E-state index >= 15 is 0 Å². The lowest BCUT2D eigenvalue weighted by Gasteiger charge is -2.07. The number of aryl methyl sites for hydroxylation is 1. The van der Waals surface area contributed by atoms with Gasteiger partial charge in [0.15, 0.2) is 4.34 Å². The van der Waals surface area contributed by atoms with Crippen LogP contribution in [0.1, 0.15) is 11.3 Å². The van der Waals surface area contributed by atoms with Crippen LogP contribution < -0.4 is 5.73 Å². The van der Waals surface area contributed by atoms with Crippen molar-refractivity contribution < 1.29 is 0 Å². The SMILES string of the molecule is Cc1csc(Sc2c(Cl)cccc2CN)n1. The fourth-order valence-corrected chi connectivity index (χ4v) is 3.52. The van der Waals surface area contributed by atoms with E-state index in [4.69, 9.17) is 17.3 Å². The molecule has 2 N–H and O–H groups in total. The molecule has 0 amide bonds. The molecule has 0 unspecified atom stereocenters. The number of hydrogen-bond donors (Lipinski definition) is 1. The molecular formula is C11H11ClN2S2. The monoisotopic (exact) mass is 270 g/mol. The lowest BCUT2D eigenvalue weighted by molar-refractivity contribution is 1.03. The first-order valence-electron chi connectivity index (χ1n) is 4.78. The summed E-state index contributed by atoms with van der Waals surface area (Å²) < 4.78 is 1.00. The van der Waals surface area contributed by atoms with Crippen molar-refractivity contribution in [3.8, 4) is 0 Å². The van der Waals surface area contributed by atoms with E-state index < -0.39 is 0 Å². The number of benzene rings is 1. The molecule has 0 spiro atoms. The fourth-order valence-electron chi connectivity index (χ4n) is 1.30. The number of aromatic nitrogens is 1. The zero-order chi connectivity index (χ0) is 11.5. The fraction of sp³-hybridized carbons (Fsp3) is 0.182. The van der Waals surface area contributed by atoms with Gasteiger partial charge in [-0.1, -0.05) is 35.5 Å². The lowest BCUT2D eigenvalue weighted by atomic mass is 10.2. The molecule has 0 aliphatic carbocycles. The van der Waals surface area contributed by atoms with Gasteiger partial charge in [0.1, 0.15) is 0 Å². The molecule has 0 bridgehead atoms. The minimum Gasteiger partial charge on any atom is -0.326 e. The van der Waals surface area contributed by atoms with Crippen molar-refractivity contribution in [1.29, 1.82) is 0 Å². The Labute approximate surface area is 108 Å². The van der Waals surface area contributed by atoms with Crippen molar-refractivity contribution in [2.75, 3.05) is 0 Å². The summed E-state index contributed by atoms with van der Waals surface area (Å²) in [5, 5.41) is 2.77. The maximum atomic E-state index is 6.17. The summed E-state index contributed by atoms with van der Waals surface area (Å²) in [5.74, 6) is 0. The smallest absolute Gasteiger partial charge is 0.154 e. The number of rotatable bonds is 3. The van der Waals surface area contributed by atoms with Crippen LogP contribution in [-0.4, -0.2) is 4.98 Å². The van der Waals surface area contributed by atoms with Gasteiger partial charge in [-0.3, -0.25) is 0 Å². The van der Waals surface area contributed by atoms with Gasteiger partial charge in [-0.2, -0.15) is 0 Å². The molecule has 16 heavy (non-hydrogen) atoms. The molecule has 0 fully saturated rings. The van der Waals surface area contributed by atoms with Crippen molar-refractivity contribution in [1.82, 2.24) is 4.98 Å². The molecular weight excluding hydrogens is 260 g/mol. The number of hydrogen-bond acceptors (Lipinski definition) is 4. The van der Waals surface area contributed by atoms with Crippen molar-refractivity contribution in [2.45, 2.75) is 22.7 Å². The van der Waals surface area contributed by atoms with Gasteiger partial charge in [0.05, 0.1) is 5.02 Å². The first-order valence-corrected chi connectivity index (χ1v) is 6.85. The third-order valence-corrected chi connectivity index (χ3v) is 4.73. The molecule has 0 saturated carbocycles. The molecule has 2 rings (SSSR count). The molecule has 1 aromatic heterocycles. The standard InChI is InChI=1S/C11H11ClN2S2/c1-7-6-15-11(14-7)16-10-8(5-13)3-2-4-9(10)12/h2-4,6H,5,13H2,1H3. The summed E-state index contributed by atoms with van der Waals surface area (Å²) in [4.78, 5) is 5.42. The van der Waals surface area contributed by atoms with E-state index in [1.54, 1.807) is 23.1 Å². The van der Waals surface area contributed by atoms with Crippen molar-refractivity contribution in [3.63, 3.8) is 0 Å². The molecule has 0 saturated heterocycles. The maximum Gasteiger partial charge on any atom is 0.154 e. The second-order valence-corrected chi connectivity index (χ2v) is 5.81. The van der Waals surface area contributed by atoms with E-state index in [0.717, 1.165) is 25.5 Å². The van der Waals surface area contributed by atoms with Gasteiger partial charge < -0.3 is 5.73 Å². The predicted octanol–water partition coefficient (Wildman–Crippen LogP) is 3.71. The largest absolute Gasteiger partial charge is 0.326 e. The molecule has 2 nitrogen and oxygen atoms in total. The van der Waals surface area contributed by atoms with Gasteiger partial charge in [-0.15, -0.1) is 11.3 Å². The highest BCUT2D eigenvalue weighted by Crippen LogP contribution is 2.37. The number of halogens is 1. The Morgan fingerprint density at radius 1 is 1.50 bits per heavy atom. The molecule has 0 aliphatic heterocycles. The molecule has 0 radical (unpaired) electrons. The zero-order valence-electron chi connectivity index (χ0n) is 8.74. The number of nitrogens with two attached hydrogens (primary N) is 1. The Bertz CT molecular complexity index is 496. The molecule has 2 aromatic rings. The van der Waals surface area contributed by atoms with Crippen molar-refractivity contribution >= 4 is 34.7 Å². The lowest BCUT2D eigenvalue weighted by Crippen LogP contribution is -1.98. The minimum absolute atomic E-state index is 0.493. The molecule has 1 aromatic carbocycles. The summed E-state index contributed by atoms with van der Waals surface area (Å²) in [6.07, 6.45) is 0. The molecule has 1 heterocycles. The Morgan fingerprint density at radius 2 is 2.31 bits per heavy atom. The van der Waals surface area contributed by atoms with E-state index in [1.807, 2.05) is 30.5 Å². The van der Waals surface area contributed by atoms with E-state index in [-0.39, 0.29) is 0 Å². The highest BCUT2D eigenvalue weighted by atomic mass is 35.5. The average molecular weight is 271 g/mol. The quantitative estimate of drug-likeness (QED) is 0.924. The maximum absolute atomic E-state index is 6.17. The first-order chi connectivity index (χ1) is 7.70. The molecule has 0 aliphatic rings. The molecule has 0 atom stereocenters. The first kappa shape index (κ1) is 11.9. The van der Waals surface area contributed by atoms with E-state index in [1.165, 1.54) is 0 Å². The van der Waals surface area contributed by atoms with Gasteiger partial charge in [0, 0.05) is 22.5 Å². The zero-order valence-corrected chi connectivity index (χ0v) is 11.1. The second-order valence-electron chi connectivity index (χ2n) is 3.29. The van der Waals surface area contributed by atoms with Crippen LogP contribution in [0.4, 0.5) is 0 Å². The predicted molar refractivity (Wildman–Crippen MR) is 70.3 cm³/mol. The minimum atomic E-state index is 0.493. The van der Waals surface area contributed by atoms with Gasteiger partial charge in [-0.25, -0.2) is 4.98 Å². The normalized spacial score (nSPS) is 10.7. The van der Waals surface area contributed by atoms with Crippen LogP contribution in [0.2, 0.25) is 5.02 Å². The van der Waals surface area contributed by atoms with E-state index in [2.05, 4.69) is 4.98 Å². The Kier molecular flexibility index (Phi) is 3.86. The third-order valence-electron chi connectivity index (χ3n) is 2.06. The highest BCUT2D eigenvalue weighted by molar-refractivity contribution is 8.01. The van der Waals surface area contributed by atoms with Crippen molar-refractivity contribution in [2.24, 2.45) is 5.73 Å². The van der Waals surface area contributed by atoms with Crippen LogP contribution >= 0.6 is 34.7 Å². The van der Waals surface area contributed by atoms with E-state index in [0.29, 0.717) is 6.54 Å². The van der Waals surface area contributed by atoms with Gasteiger partial charge >= 0.3 is 0 Å². The van der Waals surface area contributed by atoms with Gasteiger partial charge in [0.2, 0.25) is 0 Å². The Morgan fingerprint density at radius 3 is 2.94 bits per heavy atom. The Hall–Kier alpha value is -0.550. The van der Waals surface area contributed by atoms with Crippen LogP contribution in [0.25, 0.3) is 0 Å². The molecule has 5 heteroatoms. The van der Waals surface area contributed by atoms with E-state index in [9.17, 15) is 0 Å². The van der Waals surface area contributed by atoms with Gasteiger partial charge in [0.25, 0.3) is 0 Å². The summed E-state index contributed by atoms with van der Waals surface area (Å²) in [6, 6.07) is 5.79. The third kappa shape index (κ3) is 2.58.